The molecule has 1 fully saturated rings. The molecule has 1 rings (SSSR count). The van der Waals surface area contributed by atoms with Gasteiger partial charge in [0.15, 0.2) is 0 Å². The third-order valence-corrected chi connectivity index (χ3v) is 4.07. The number of carbonyl (C=O) groups excluding carboxylic acids is 2. The lowest BCUT2D eigenvalue weighted by atomic mass is 9.94. The van der Waals surface area contributed by atoms with Gasteiger partial charge in [-0.3, -0.25) is 4.79 Å². The smallest absolute Gasteiger partial charge is 0.328 e. The van der Waals surface area contributed by atoms with Crippen LogP contribution in [0.4, 0.5) is 0 Å². The van der Waals surface area contributed by atoms with E-state index in [4.69, 9.17) is 4.74 Å². The van der Waals surface area contributed by atoms with E-state index >= 15 is 0 Å². The molecule has 1 aliphatic rings. The van der Waals surface area contributed by atoms with E-state index in [0.29, 0.717) is 18.9 Å². The van der Waals surface area contributed by atoms with Gasteiger partial charge in [0.2, 0.25) is 5.91 Å². The van der Waals surface area contributed by atoms with Crippen LogP contribution in [0, 0.1) is 17.8 Å². The number of cyclic esters (lactones) is 1. The van der Waals surface area contributed by atoms with Crippen LogP contribution in [0.5, 0.6) is 0 Å². The largest absolute Gasteiger partial charge is 0.464 e. The van der Waals surface area contributed by atoms with E-state index in [1.54, 1.807) is 0 Å². The average molecular weight is 310 g/mol. The van der Waals surface area contributed by atoms with Crippen LogP contribution in [-0.4, -0.2) is 37.6 Å². The minimum absolute atomic E-state index is 0.1000. The maximum Gasteiger partial charge on any atom is 0.328 e. The molecule has 2 N–H and O–H groups in total. The summed E-state index contributed by atoms with van der Waals surface area (Å²) >= 11 is 0. The van der Waals surface area contributed by atoms with Crippen molar-refractivity contribution in [1.82, 2.24) is 10.6 Å². The van der Waals surface area contributed by atoms with Crippen molar-refractivity contribution in [2.24, 2.45) is 17.8 Å². The summed E-state index contributed by atoms with van der Waals surface area (Å²) in [5.41, 5.74) is 0. The van der Waals surface area contributed by atoms with Gasteiger partial charge >= 0.3 is 5.97 Å². The molecule has 0 aromatic carbocycles. The lowest BCUT2D eigenvalue weighted by molar-refractivity contribution is -0.141. The number of esters is 1. The molecule has 0 aromatic rings. The van der Waals surface area contributed by atoms with Crippen molar-refractivity contribution in [1.29, 1.82) is 0 Å². The van der Waals surface area contributed by atoms with Crippen LogP contribution in [-0.2, 0) is 14.3 Å². The van der Waals surface area contributed by atoms with Gasteiger partial charge in [0.1, 0.15) is 6.04 Å². The highest BCUT2D eigenvalue weighted by atomic mass is 16.5. The first-order valence-corrected chi connectivity index (χ1v) is 8.30. The van der Waals surface area contributed by atoms with Crippen LogP contribution in [0.25, 0.3) is 0 Å². The zero-order chi connectivity index (χ0) is 16.5. The van der Waals surface area contributed by atoms with Crippen molar-refractivity contribution in [3.05, 3.63) is 12.2 Å². The highest BCUT2D eigenvalue weighted by Gasteiger charge is 2.30. The summed E-state index contributed by atoms with van der Waals surface area (Å²) in [7, 11) is 0. The Morgan fingerprint density at radius 2 is 2.14 bits per heavy atom. The van der Waals surface area contributed by atoms with Crippen molar-refractivity contribution < 1.29 is 14.3 Å². The number of carbonyl (C=O) groups is 2. The zero-order valence-corrected chi connectivity index (χ0v) is 14.2. The molecule has 22 heavy (non-hydrogen) atoms. The van der Waals surface area contributed by atoms with Crippen molar-refractivity contribution in [3.8, 4) is 0 Å². The third kappa shape index (κ3) is 6.18. The molecule has 1 saturated heterocycles. The number of rotatable bonds is 9. The number of hydrogen-bond donors (Lipinski definition) is 2. The fourth-order valence-corrected chi connectivity index (χ4v) is 2.28. The number of ether oxygens (including phenoxy) is 1. The molecule has 0 radical (unpaired) electrons. The lowest BCUT2D eigenvalue weighted by Crippen LogP contribution is -2.42. The SMILES string of the molecule is CC[C@H](C)CNC/C=C/C(C(=O)N[C@H]1CCOC1=O)C(C)C. The van der Waals surface area contributed by atoms with Crippen molar-refractivity contribution in [2.75, 3.05) is 19.7 Å². The first-order valence-electron chi connectivity index (χ1n) is 8.30. The van der Waals surface area contributed by atoms with Gasteiger partial charge in [-0.1, -0.05) is 46.3 Å². The number of amides is 1. The van der Waals surface area contributed by atoms with Crippen LogP contribution < -0.4 is 10.6 Å². The van der Waals surface area contributed by atoms with Gasteiger partial charge in [-0.25, -0.2) is 4.79 Å². The Labute approximate surface area is 133 Å². The van der Waals surface area contributed by atoms with Crippen LogP contribution in [0.1, 0.15) is 40.5 Å². The highest BCUT2D eigenvalue weighted by Crippen LogP contribution is 2.15. The summed E-state index contributed by atoms with van der Waals surface area (Å²) in [4.78, 5) is 23.7. The quantitative estimate of drug-likeness (QED) is 0.388. The minimum Gasteiger partial charge on any atom is -0.464 e. The van der Waals surface area contributed by atoms with E-state index in [-0.39, 0.29) is 23.7 Å². The summed E-state index contributed by atoms with van der Waals surface area (Å²) in [5, 5.41) is 6.15. The van der Waals surface area contributed by atoms with Crippen LogP contribution in [0.3, 0.4) is 0 Å². The fourth-order valence-electron chi connectivity index (χ4n) is 2.28. The molecule has 5 nitrogen and oxygen atoms in total. The van der Waals surface area contributed by atoms with Gasteiger partial charge in [-0.2, -0.15) is 0 Å². The Morgan fingerprint density at radius 3 is 2.68 bits per heavy atom. The van der Waals surface area contributed by atoms with E-state index in [0.717, 1.165) is 19.5 Å². The van der Waals surface area contributed by atoms with Gasteiger partial charge in [0.05, 0.1) is 12.5 Å². The molecule has 1 unspecified atom stereocenters. The molecule has 1 heterocycles. The van der Waals surface area contributed by atoms with Crippen LogP contribution >= 0.6 is 0 Å². The Hall–Kier alpha value is -1.36. The summed E-state index contributed by atoms with van der Waals surface area (Å²) < 4.78 is 4.87. The second kappa shape index (κ2) is 9.62. The standard InChI is InChI=1S/C17H30N2O3/c1-5-13(4)11-18-9-6-7-14(12(2)3)16(20)19-15-8-10-22-17(15)21/h6-7,12-15,18H,5,8-11H2,1-4H3,(H,19,20)/b7-6+/t13-,14?,15-/m0/s1. The first kappa shape index (κ1) is 18.7. The normalized spacial score (nSPS) is 21.1. The molecule has 0 spiro atoms. The molecule has 1 amide bonds. The van der Waals surface area contributed by atoms with Crippen LogP contribution in [0.15, 0.2) is 12.2 Å². The zero-order valence-electron chi connectivity index (χ0n) is 14.2. The molecule has 126 valence electrons. The third-order valence-electron chi connectivity index (χ3n) is 4.07. The topological polar surface area (TPSA) is 67.4 Å². The van der Waals surface area contributed by atoms with Gasteiger partial charge in [-0.05, 0) is 18.4 Å². The second-order valence-electron chi connectivity index (χ2n) is 6.39. The molecule has 0 aromatic heterocycles. The predicted molar refractivity (Wildman–Crippen MR) is 87.3 cm³/mol. The van der Waals surface area contributed by atoms with E-state index < -0.39 is 6.04 Å². The Bertz CT molecular complexity index is 393. The maximum atomic E-state index is 12.3. The summed E-state index contributed by atoms with van der Waals surface area (Å²) in [6.07, 6.45) is 5.66. The molecule has 3 atom stereocenters. The Kier molecular flexibility index (Phi) is 8.17. The average Bonchev–Trinajstić information content (AvgIpc) is 2.87. The lowest BCUT2D eigenvalue weighted by Gasteiger charge is -2.18. The molecule has 5 heteroatoms. The molecule has 1 aliphatic heterocycles. The van der Waals surface area contributed by atoms with E-state index in [9.17, 15) is 9.59 Å². The summed E-state index contributed by atoms with van der Waals surface area (Å²) in [6.45, 7) is 10.5. The molecular formula is C17H30N2O3. The van der Waals surface area contributed by atoms with Gasteiger partial charge < -0.3 is 15.4 Å². The Morgan fingerprint density at radius 1 is 1.41 bits per heavy atom. The van der Waals surface area contributed by atoms with Crippen molar-refractivity contribution in [2.45, 2.75) is 46.6 Å². The molecule has 0 saturated carbocycles. The second-order valence-corrected chi connectivity index (χ2v) is 6.39. The van der Waals surface area contributed by atoms with Crippen molar-refractivity contribution in [3.63, 3.8) is 0 Å². The first-order chi connectivity index (χ1) is 10.5. The molecule has 0 bridgehead atoms. The number of nitrogens with one attached hydrogen (secondary N) is 2. The predicted octanol–water partition coefficient (Wildman–Crippen LogP) is 1.88. The minimum atomic E-state index is -0.481. The van der Waals surface area contributed by atoms with Gasteiger partial charge in [-0.15, -0.1) is 0 Å². The summed E-state index contributed by atoms with van der Waals surface area (Å²) in [6, 6.07) is -0.481. The van der Waals surface area contributed by atoms with E-state index in [1.165, 1.54) is 0 Å². The molecule has 0 aliphatic carbocycles. The van der Waals surface area contributed by atoms with Gasteiger partial charge in [0, 0.05) is 13.0 Å². The van der Waals surface area contributed by atoms with Gasteiger partial charge in [0.25, 0.3) is 0 Å². The van der Waals surface area contributed by atoms with Crippen molar-refractivity contribution >= 4 is 11.9 Å². The fraction of sp³-hybridized carbons (Fsp3) is 0.765. The monoisotopic (exact) mass is 310 g/mol. The van der Waals surface area contributed by atoms with E-state index in [1.807, 2.05) is 26.0 Å². The Balaban J connectivity index is 2.43. The van der Waals surface area contributed by atoms with Crippen LogP contribution in [0.2, 0.25) is 0 Å². The highest BCUT2D eigenvalue weighted by molar-refractivity contribution is 5.87. The van der Waals surface area contributed by atoms with E-state index in [2.05, 4.69) is 24.5 Å². The number of hydrogen-bond acceptors (Lipinski definition) is 4. The molecular weight excluding hydrogens is 280 g/mol. The maximum absolute atomic E-state index is 12.3. The summed E-state index contributed by atoms with van der Waals surface area (Å²) in [5.74, 6) is 0.195.